The summed E-state index contributed by atoms with van der Waals surface area (Å²) in [6.45, 7) is 4.47. The number of hydrogen-bond acceptors (Lipinski definition) is 6. The van der Waals surface area contributed by atoms with E-state index >= 15 is 0 Å². The van der Waals surface area contributed by atoms with Crippen molar-refractivity contribution in [2.75, 3.05) is 21.0 Å². The Balaban J connectivity index is 1.72. The summed E-state index contributed by atoms with van der Waals surface area (Å²) in [5, 5.41) is 0. The van der Waals surface area contributed by atoms with Gasteiger partial charge in [0.1, 0.15) is 5.78 Å². The van der Waals surface area contributed by atoms with Crippen LogP contribution in [-0.4, -0.2) is 32.5 Å². The van der Waals surface area contributed by atoms with Crippen molar-refractivity contribution in [1.82, 2.24) is 0 Å². The van der Waals surface area contributed by atoms with Gasteiger partial charge in [0.2, 0.25) is 6.79 Å². The second kappa shape index (κ2) is 6.76. The molecule has 3 aliphatic rings. The molecule has 0 N–H and O–H groups in total. The van der Waals surface area contributed by atoms with Gasteiger partial charge >= 0.3 is 0 Å². The Kier molecular flexibility index (Phi) is 4.27. The zero-order valence-electron chi connectivity index (χ0n) is 17.7. The minimum atomic E-state index is -0.288. The first-order chi connectivity index (χ1) is 14.4. The van der Waals surface area contributed by atoms with Crippen LogP contribution in [0.5, 0.6) is 23.0 Å². The van der Waals surface area contributed by atoms with Crippen LogP contribution in [0.3, 0.4) is 0 Å². The van der Waals surface area contributed by atoms with Gasteiger partial charge in [-0.2, -0.15) is 0 Å². The molecule has 30 heavy (non-hydrogen) atoms. The summed E-state index contributed by atoms with van der Waals surface area (Å²) in [4.78, 5) is 18.3. The van der Waals surface area contributed by atoms with E-state index in [9.17, 15) is 4.79 Å². The van der Waals surface area contributed by atoms with Crippen molar-refractivity contribution in [1.29, 1.82) is 0 Å². The molecule has 5 rings (SSSR count). The molecule has 2 unspecified atom stereocenters. The van der Waals surface area contributed by atoms with Crippen LogP contribution < -0.4 is 18.9 Å². The lowest BCUT2D eigenvalue weighted by atomic mass is 9.63. The molecule has 0 aromatic heterocycles. The number of rotatable bonds is 3. The molecule has 0 spiro atoms. The van der Waals surface area contributed by atoms with Gasteiger partial charge in [-0.15, -0.1) is 0 Å². The lowest BCUT2D eigenvalue weighted by Gasteiger charge is -2.41. The topological polar surface area (TPSA) is 66.3 Å². The average Bonchev–Trinajstić information content (AvgIpc) is 3.18. The Morgan fingerprint density at radius 2 is 1.70 bits per heavy atom. The Morgan fingerprint density at radius 3 is 2.47 bits per heavy atom. The summed E-state index contributed by atoms with van der Waals surface area (Å²) in [7, 11) is 3.23. The lowest BCUT2D eigenvalue weighted by molar-refractivity contribution is -0.124. The van der Waals surface area contributed by atoms with Crippen LogP contribution in [0, 0.1) is 11.3 Å². The predicted octanol–water partition coefficient (Wildman–Crippen LogP) is 4.66. The van der Waals surface area contributed by atoms with E-state index in [4.69, 9.17) is 23.9 Å². The van der Waals surface area contributed by atoms with Crippen molar-refractivity contribution in [2.45, 2.75) is 32.6 Å². The van der Waals surface area contributed by atoms with Gasteiger partial charge in [-0.1, -0.05) is 19.9 Å². The maximum absolute atomic E-state index is 13.4. The first-order valence-electron chi connectivity index (χ1n) is 10.2. The number of nitrogens with zero attached hydrogens (tertiary/aromatic N) is 1. The average molecular weight is 407 g/mol. The van der Waals surface area contributed by atoms with E-state index in [-0.39, 0.29) is 29.8 Å². The third-order valence-electron chi connectivity index (χ3n) is 6.24. The minimum Gasteiger partial charge on any atom is -0.493 e. The van der Waals surface area contributed by atoms with Gasteiger partial charge in [0.05, 0.1) is 25.8 Å². The number of hydrogen-bond donors (Lipinski definition) is 0. The molecule has 6 heteroatoms. The van der Waals surface area contributed by atoms with E-state index in [1.54, 1.807) is 14.2 Å². The monoisotopic (exact) mass is 407 g/mol. The fraction of sp³-hybridized carbons (Fsp3) is 0.417. The highest BCUT2D eigenvalue weighted by molar-refractivity contribution is 6.11. The summed E-state index contributed by atoms with van der Waals surface area (Å²) in [6, 6.07) is 9.79. The molecular formula is C24H25NO5. The molecule has 2 aromatic rings. The molecule has 1 fully saturated rings. The summed E-state index contributed by atoms with van der Waals surface area (Å²) in [5.74, 6) is 2.48. The molecule has 2 heterocycles. The Morgan fingerprint density at radius 1 is 0.967 bits per heavy atom. The van der Waals surface area contributed by atoms with Crippen LogP contribution in [-0.2, 0) is 4.79 Å². The molecule has 156 valence electrons. The zero-order chi connectivity index (χ0) is 21.0. The molecule has 1 saturated carbocycles. The minimum absolute atomic E-state index is 0.0973. The second-order valence-electron chi connectivity index (χ2n) is 8.92. The highest BCUT2D eigenvalue weighted by atomic mass is 16.7. The summed E-state index contributed by atoms with van der Waals surface area (Å²) in [5.41, 5.74) is 3.65. The van der Waals surface area contributed by atoms with Gasteiger partial charge in [0.15, 0.2) is 23.0 Å². The normalized spacial score (nSPS) is 23.3. The van der Waals surface area contributed by atoms with E-state index in [1.165, 1.54) is 0 Å². The van der Waals surface area contributed by atoms with Crippen LogP contribution in [0.2, 0.25) is 0 Å². The van der Waals surface area contributed by atoms with E-state index < -0.39 is 0 Å². The van der Waals surface area contributed by atoms with Crippen LogP contribution in [0.15, 0.2) is 35.3 Å². The predicted molar refractivity (Wildman–Crippen MR) is 113 cm³/mol. The van der Waals surface area contributed by atoms with Crippen molar-refractivity contribution < 1.29 is 23.7 Å². The number of carbonyl (C=O) groups excluding carboxylic acids is 1. The second-order valence-corrected chi connectivity index (χ2v) is 8.92. The molecule has 1 aliphatic carbocycles. The molecular weight excluding hydrogens is 382 g/mol. The molecule has 6 nitrogen and oxygen atoms in total. The summed E-state index contributed by atoms with van der Waals surface area (Å²) >= 11 is 0. The smallest absolute Gasteiger partial charge is 0.231 e. The molecule has 0 radical (unpaired) electrons. The number of aliphatic imine (C=N–C) groups is 1. The summed E-state index contributed by atoms with van der Waals surface area (Å²) in [6.07, 6.45) is 1.33. The summed E-state index contributed by atoms with van der Waals surface area (Å²) < 4.78 is 22.2. The van der Waals surface area contributed by atoms with E-state index in [2.05, 4.69) is 13.8 Å². The molecule has 2 aromatic carbocycles. The van der Waals surface area contributed by atoms with Crippen molar-refractivity contribution >= 4 is 17.2 Å². The standard InChI is InChI=1S/C24H25NO5/c1-24(2)10-16-23(17(26)11-24)22(13-5-6-18-21(7-13)30-12-29-18)14-8-19(27-3)20(28-4)9-15(14)25-16/h5-9,22-23H,10-12H2,1-4H3. The van der Waals surface area contributed by atoms with Gasteiger partial charge in [-0.05, 0) is 41.2 Å². The number of fused-ring (bicyclic) bond motifs is 3. The number of methoxy groups -OCH3 is 2. The molecule has 0 amide bonds. The molecule has 2 atom stereocenters. The van der Waals surface area contributed by atoms with E-state index in [0.717, 1.165) is 34.7 Å². The first-order valence-corrected chi connectivity index (χ1v) is 10.2. The van der Waals surface area contributed by atoms with Crippen LogP contribution >= 0.6 is 0 Å². The maximum Gasteiger partial charge on any atom is 0.231 e. The van der Waals surface area contributed by atoms with Crippen LogP contribution in [0.1, 0.15) is 43.7 Å². The Labute approximate surface area is 175 Å². The lowest BCUT2D eigenvalue weighted by Crippen LogP contribution is -2.42. The number of Topliss-reactive ketones (excluding diaryl/α,β-unsaturated/α-hetero) is 1. The number of ketones is 1. The van der Waals surface area contributed by atoms with Gasteiger partial charge in [0.25, 0.3) is 0 Å². The van der Waals surface area contributed by atoms with Gasteiger partial charge < -0.3 is 18.9 Å². The fourth-order valence-electron chi connectivity index (χ4n) is 4.96. The molecule has 0 saturated heterocycles. The van der Waals surface area contributed by atoms with E-state index in [0.29, 0.717) is 23.7 Å². The largest absolute Gasteiger partial charge is 0.493 e. The van der Waals surface area contributed by atoms with Gasteiger partial charge in [0, 0.05) is 24.1 Å². The fourth-order valence-corrected chi connectivity index (χ4v) is 4.96. The van der Waals surface area contributed by atoms with Crippen molar-refractivity contribution in [2.24, 2.45) is 16.3 Å². The Bertz CT molecular complexity index is 1070. The van der Waals surface area contributed by atoms with E-state index in [1.807, 2.05) is 30.3 Å². The SMILES string of the molecule is COc1cc2c(cc1OC)C(c1ccc3c(c1)OCO3)C1C(=O)CC(C)(C)CC1=N2. The van der Waals surface area contributed by atoms with Crippen LogP contribution in [0.25, 0.3) is 0 Å². The highest BCUT2D eigenvalue weighted by Gasteiger charge is 2.46. The van der Waals surface area contributed by atoms with Gasteiger partial charge in [-0.3, -0.25) is 9.79 Å². The quantitative estimate of drug-likeness (QED) is 0.741. The molecule has 2 aliphatic heterocycles. The number of ether oxygens (including phenoxy) is 4. The maximum atomic E-state index is 13.4. The number of benzene rings is 2. The van der Waals surface area contributed by atoms with Gasteiger partial charge in [-0.25, -0.2) is 0 Å². The third-order valence-corrected chi connectivity index (χ3v) is 6.24. The van der Waals surface area contributed by atoms with Crippen molar-refractivity contribution in [3.05, 3.63) is 41.5 Å². The number of carbonyl (C=O) groups is 1. The first kappa shape index (κ1) is 19.0. The third kappa shape index (κ3) is 2.93. The Hall–Kier alpha value is -3.02. The van der Waals surface area contributed by atoms with Crippen molar-refractivity contribution in [3.63, 3.8) is 0 Å². The van der Waals surface area contributed by atoms with Crippen molar-refractivity contribution in [3.8, 4) is 23.0 Å². The highest BCUT2D eigenvalue weighted by Crippen LogP contribution is 2.52. The zero-order valence-corrected chi connectivity index (χ0v) is 17.7. The molecule has 0 bridgehead atoms. The van der Waals surface area contributed by atoms with Crippen LogP contribution in [0.4, 0.5) is 5.69 Å².